The van der Waals surface area contributed by atoms with Gasteiger partial charge in [0.15, 0.2) is 5.78 Å². The zero-order valence-electron chi connectivity index (χ0n) is 21.3. The molecule has 0 heterocycles. The van der Waals surface area contributed by atoms with E-state index in [2.05, 4.69) is 30.3 Å². The molecule has 6 aliphatic carbocycles. The van der Waals surface area contributed by atoms with Gasteiger partial charge in [-0.3, -0.25) is 14.4 Å². The highest BCUT2D eigenvalue weighted by molar-refractivity contribution is 6.31. The monoisotopic (exact) mass is 504 g/mol. The summed E-state index contributed by atoms with van der Waals surface area (Å²) in [6.07, 6.45) is 0. The highest BCUT2D eigenvalue weighted by atomic mass is 16.2. The third kappa shape index (κ3) is 1.42. The minimum atomic E-state index is -1.10. The van der Waals surface area contributed by atoms with Crippen molar-refractivity contribution in [1.82, 2.24) is 0 Å². The molecule has 5 fully saturated rings. The van der Waals surface area contributed by atoms with Gasteiger partial charge in [0.05, 0.1) is 10.8 Å². The zero-order valence-corrected chi connectivity index (χ0v) is 21.3. The van der Waals surface area contributed by atoms with Gasteiger partial charge >= 0.3 is 0 Å². The molecule has 4 aromatic carbocycles. The lowest BCUT2D eigenvalue weighted by atomic mass is 9.25. The first-order chi connectivity index (χ1) is 19.0. The van der Waals surface area contributed by atoms with Gasteiger partial charge in [-0.05, 0) is 33.4 Å². The Kier molecular flexibility index (Phi) is 3.06. The van der Waals surface area contributed by atoms with Crippen molar-refractivity contribution in [2.75, 3.05) is 0 Å². The van der Waals surface area contributed by atoms with Crippen molar-refractivity contribution in [3.05, 3.63) is 131 Å². The summed E-state index contributed by atoms with van der Waals surface area (Å²) in [7, 11) is 0. The Bertz CT molecular complexity index is 1880. The first kappa shape index (κ1) is 20.8. The number of hydrogen-bond acceptors (Lipinski definition) is 3. The van der Waals surface area contributed by atoms with Crippen molar-refractivity contribution in [3.8, 4) is 11.1 Å². The van der Waals surface area contributed by atoms with Crippen molar-refractivity contribution in [3.63, 3.8) is 0 Å². The molecule has 8 atom stereocenters. The molecule has 0 aromatic heterocycles. The Balaban J connectivity index is 1.53. The third-order valence-electron chi connectivity index (χ3n) is 12.4. The van der Waals surface area contributed by atoms with Crippen molar-refractivity contribution < 1.29 is 14.4 Å². The smallest absolute Gasteiger partial charge is 0.157 e. The summed E-state index contributed by atoms with van der Waals surface area (Å²) in [5.74, 6) is -1.50. The summed E-state index contributed by atoms with van der Waals surface area (Å²) in [5.41, 5.74) is 1.30. The van der Waals surface area contributed by atoms with Gasteiger partial charge in [0.1, 0.15) is 11.6 Å². The van der Waals surface area contributed by atoms with Crippen molar-refractivity contribution in [2.24, 2.45) is 23.2 Å². The second-order valence-corrected chi connectivity index (χ2v) is 12.7. The summed E-state index contributed by atoms with van der Waals surface area (Å²) in [6, 6.07) is 36.8. The van der Waals surface area contributed by atoms with E-state index < -0.39 is 44.8 Å². The molecule has 5 saturated carbocycles. The Hall–Kier alpha value is -4.11. The molecule has 39 heavy (non-hydrogen) atoms. The van der Waals surface area contributed by atoms with Crippen LogP contribution in [0.1, 0.15) is 29.2 Å². The van der Waals surface area contributed by atoms with E-state index in [9.17, 15) is 9.59 Å². The molecule has 10 rings (SSSR count). The Morgan fingerprint density at radius 3 is 1.72 bits per heavy atom. The molecule has 2 bridgehead atoms. The number of carbonyl (C=O) groups is 3. The van der Waals surface area contributed by atoms with Crippen LogP contribution in [0.5, 0.6) is 0 Å². The second kappa shape index (κ2) is 5.74. The standard InChI is InChI=1S/C36H24O3/c1-32-29-28(37)26-27(30(32)38)34(21-14-6-3-7-15-21)31(39)33(26,20-12-4-2-5-13-20)35(29)24-18-10-8-16-22(24)23-17-9-11-19-25(23)36(32,34)35/h2-19,26-27,29H,1H3/t26-,27-,29+,32-,33+,34+,35+,36+/m0/s1. The van der Waals surface area contributed by atoms with Gasteiger partial charge in [0.25, 0.3) is 0 Å². The highest BCUT2D eigenvalue weighted by Crippen LogP contribution is 3.01. The van der Waals surface area contributed by atoms with Crippen LogP contribution >= 0.6 is 0 Å². The molecular weight excluding hydrogens is 480 g/mol. The molecule has 0 saturated heterocycles. The minimum absolute atomic E-state index is 0.0827. The van der Waals surface area contributed by atoms with Gasteiger partial charge in [-0.2, -0.15) is 0 Å². The predicted octanol–water partition coefficient (Wildman–Crippen LogP) is 5.35. The fourth-order valence-electron chi connectivity index (χ4n) is 12.3. The number of hydrogen-bond donors (Lipinski definition) is 0. The molecule has 3 nitrogen and oxygen atoms in total. The summed E-state index contributed by atoms with van der Waals surface area (Å²) in [5, 5.41) is 0. The van der Waals surface area contributed by atoms with Gasteiger partial charge in [-0.15, -0.1) is 0 Å². The Morgan fingerprint density at radius 1 is 0.564 bits per heavy atom. The third-order valence-corrected chi connectivity index (χ3v) is 12.4. The lowest BCUT2D eigenvalue weighted by Gasteiger charge is -2.74. The van der Waals surface area contributed by atoms with Gasteiger partial charge in [-0.25, -0.2) is 0 Å². The van der Waals surface area contributed by atoms with Crippen molar-refractivity contribution >= 4 is 17.3 Å². The molecule has 0 amide bonds. The highest BCUT2D eigenvalue weighted by Gasteiger charge is 3.12. The van der Waals surface area contributed by atoms with E-state index in [4.69, 9.17) is 0 Å². The van der Waals surface area contributed by atoms with Crippen LogP contribution in [0.25, 0.3) is 11.1 Å². The van der Waals surface area contributed by atoms with E-state index in [1.165, 1.54) is 0 Å². The van der Waals surface area contributed by atoms with E-state index in [0.717, 1.165) is 33.4 Å². The quantitative estimate of drug-likeness (QED) is 0.370. The number of carbonyl (C=O) groups excluding carboxylic acids is 3. The first-order valence-electron chi connectivity index (χ1n) is 13.9. The molecule has 0 radical (unpaired) electrons. The Morgan fingerprint density at radius 2 is 1.08 bits per heavy atom. The van der Waals surface area contributed by atoms with Gasteiger partial charge in [0.2, 0.25) is 0 Å². The first-order valence-corrected chi connectivity index (χ1v) is 13.9. The molecule has 186 valence electrons. The maximum absolute atomic E-state index is 15.9. The molecule has 2 spiro atoms. The maximum atomic E-state index is 15.9. The topological polar surface area (TPSA) is 51.2 Å². The van der Waals surface area contributed by atoms with E-state index in [-0.39, 0.29) is 17.3 Å². The molecule has 6 aliphatic rings. The van der Waals surface area contributed by atoms with Crippen LogP contribution in [0, 0.1) is 23.2 Å². The van der Waals surface area contributed by atoms with Crippen LogP contribution in [0.15, 0.2) is 109 Å². The lowest BCUT2D eigenvalue weighted by molar-refractivity contribution is -0.173. The zero-order chi connectivity index (χ0) is 26.2. The van der Waals surface area contributed by atoms with E-state index in [0.29, 0.717) is 0 Å². The average Bonchev–Trinajstić information content (AvgIpc) is 3.38. The fraction of sp³-hybridized carbons (Fsp3) is 0.250. The summed E-state index contributed by atoms with van der Waals surface area (Å²) in [6.45, 7) is 2.04. The van der Waals surface area contributed by atoms with Crippen LogP contribution in [-0.4, -0.2) is 17.3 Å². The summed E-state index contributed by atoms with van der Waals surface area (Å²) >= 11 is 0. The van der Waals surface area contributed by atoms with E-state index in [1.807, 2.05) is 85.8 Å². The number of benzene rings is 4. The fourth-order valence-corrected chi connectivity index (χ4v) is 12.3. The average molecular weight is 505 g/mol. The van der Waals surface area contributed by atoms with Gasteiger partial charge in [0, 0.05) is 34.0 Å². The van der Waals surface area contributed by atoms with Crippen LogP contribution in [0.3, 0.4) is 0 Å². The summed E-state index contributed by atoms with van der Waals surface area (Å²) < 4.78 is 0. The summed E-state index contributed by atoms with van der Waals surface area (Å²) in [4.78, 5) is 45.6. The number of rotatable bonds is 2. The molecule has 3 heteroatoms. The van der Waals surface area contributed by atoms with Crippen molar-refractivity contribution in [1.29, 1.82) is 0 Å². The predicted molar refractivity (Wildman–Crippen MR) is 145 cm³/mol. The number of Topliss-reactive ketones (excluding diaryl/α,β-unsaturated/α-hetero) is 3. The van der Waals surface area contributed by atoms with Crippen LogP contribution in [0.2, 0.25) is 0 Å². The molecular formula is C36H24O3. The van der Waals surface area contributed by atoms with E-state index >= 15 is 4.79 Å². The molecule has 0 N–H and O–H groups in total. The van der Waals surface area contributed by atoms with Crippen LogP contribution in [0.4, 0.5) is 0 Å². The number of fused-ring (bicyclic) bond motifs is 5. The van der Waals surface area contributed by atoms with Crippen molar-refractivity contribution in [2.45, 2.75) is 28.6 Å². The number of ketones is 3. The van der Waals surface area contributed by atoms with E-state index in [1.54, 1.807) is 0 Å². The minimum Gasteiger partial charge on any atom is -0.299 e. The molecule has 0 unspecified atom stereocenters. The maximum Gasteiger partial charge on any atom is 0.157 e. The SMILES string of the molecule is C[C@@]12C(=O)[C@@H]3[C@H]4C(=O)[C@H]1[C@@]15c6ccccc6-c6ccccc6[C@@]12[C@@]3(c1ccccc1)C(=O)[C@@]45c1ccccc1. The van der Waals surface area contributed by atoms with Crippen LogP contribution in [-0.2, 0) is 36.0 Å². The van der Waals surface area contributed by atoms with Gasteiger partial charge in [-0.1, -0.05) is 116 Å². The lowest BCUT2D eigenvalue weighted by Crippen LogP contribution is -2.80. The van der Waals surface area contributed by atoms with Crippen LogP contribution < -0.4 is 0 Å². The normalized spacial score (nSPS) is 42.4. The largest absolute Gasteiger partial charge is 0.299 e. The van der Waals surface area contributed by atoms with Gasteiger partial charge < -0.3 is 0 Å². The molecule has 4 aromatic rings. The Labute approximate surface area is 225 Å². The molecule has 0 aliphatic heterocycles. The second-order valence-electron chi connectivity index (χ2n) is 12.7.